The van der Waals surface area contributed by atoms with Gasteiger partial charge in [-0.15, -0.1) is 0 Å². The first-order valence-electron chi connectivity index (χ1n) is 5.26. The first-order chi connectivity index (χ1) is 7.61. The van der Waals surface area contributed by atoms with Crippen molar-refractivity contribution in [2.24, 2.45) is 0 Å². The summed E-state index contributed by atoms with van der Waals surface area (Å²) in [5.41, 5.74) is 0.222. The molecule has 0 saturated carbocycles. The van der Waals surface area contributed by atoms with Crippen molar-refractivity contribution in [3.63, 3.8) is 0 Å². The van der Waals surface area contributed by atoms with Crippen LogP contribution in [0.3, 0.4) is 0 Å². The van der Waals surface area contributed by atoms with E-state index < -0.39 is 12.1 Å². The van der Waals surface area contributed by atoms with E-state index in [-0.39, 0.29) is 5.69 Å². The molecule has 1 aromatic heterocycles. The number of rotatable bonds is 3. The van der Waals surface area contributed by atoms with E-state index >= 15 is 0 Å². The van der Waals surface area contributed by atoms with Crippen LogP contribution in [0.15, 0.2) is 6.20 Å². The lowest BCUT2D eigenvalue weighted by molar-refractivity contribution is -0.147. The van der Waals surface area contributed by atoms with E-state index in [0.717, 1.165) is 25.2 Å². The zero-order valence-electron chi connectivity index (χ0n) is 9.05. The summed E-state index contributed by atoms with van der Waals surface area (Å²) in [5, 5.41) is 21.2. The van der Waals surface area contributed by atoms with Gasteiger partial charge in [-0.05, 0) is 13.5 Å². The Labute approximate surface area is 92.9 Å². The summed E-state index contributed by atoms with van der Waals surface area (Å²) in [6.07, 6.45) is 1.86. The SMILES string of the molecule is CNC1CCn2cc(C(O)C(=O)O)nc2C1. The fourth-order valence-corrected chi connectivity index (χ4v) is 1.95. The summed E-state index contributed by atoms with van der Waals surface area (Å²) in [6.45, 7) is 0.806. The zero-order chi connectivity index (χ0) is 11.7. The Morgan fingerprint density at radius 2 is 2.50 bits per heavy atom. The Hall–Kier alpha value is -1.40. The zero-order valence-corrected chi connectivity index (χ0v) is 9.05. The molecule has 1 aromatic rings. The number of fused-ring (bicyclic) bond motifs is 1. The van der Waals surface area contributed by atoms with E-state index in [0.29, 0.717) is 6.04 Å². The van der Waals surface area contributed by atoms with Crippen LogP contribution in [0, 0.1) is 0 Å². The number of aliphatic hydroxyl groups excluding tert-OH is 1. The summed E-state index contributed by atoms with van der Waals surface area (Å²) >= 11 is 0. The van der Waals surface area contributed by atoms with Crippen LogP contribution in [0.2, 0.25) is 0 Å². The highest BCUT2D eigenvalue weighted by atomic mass is 16.4. The third-order valence-electron chi connectivity index (χ3n) is 2.95. The number of carboxylic acid groups (broad SMARTS) is 1. The van der Waals surface area contributed by atoms with Crippen LogP contribution >= 0.6 is 0 Å². The minimum Gasteiger partial charge on any atom is -0.479 e. The smallest absolute Gasteiger partial charge is 0.338 e. The minimum atomic E-state index is -1.52. The van der Waals surface area contributed by atoms with E-state index in [4.69, 9.17) is 5.11 Å². The molecule has 2 heterocycles. The van der Waals surface area contributed by atoms with Crippen molar-refractivity contribution < 1.29 is 15.0 Å². The molecule has 2 atom stereocenters. The van der Waals surface area contributed by atoms with Gasteiger partial charge in [-0.1, -0.05) is 0 Å². The molecule has 0 fully saturated rings. The summed E-state index contributed by atoms with van der Waals surface area (Å²) in [4.78, 5) is 14.8. The number of aromatic nitrogens is 2. The maximum Gasteiger partial charge on any atom is 0.338 e. The van der Waals surface area contributed by atoms with Crippen molar-refractivity contribution in [1.82, 2.24) is 14.9 Å². The number of nitrogens with one attached hydrogen (secondary N) is 1. The molecule has 6 nitrogen and oxygen atoms in total. The monoisotopic (exact) mass is 225 g/mol. The molecular formula is C10H15N3O3. The summed E-state index contributed by atoms with van der Waals surface area (Å²) in [6, 6.07) is 0.379. The van der Waals surface area contributed by atoms with Gasteiger partial charge in [0.1, 0.15) is 5.82 Å². The number of nitrogens with zero attached hydrogens (tertiary/aromatic N) is 2. The van der Waals surface area contributed by atoms with Crippen molar-refractivity contribution in [3.05, 3.63) is 17.7 Å². The molecule has 2 unspecified atom stereocenters. The molecule has 2 rings (SSSR count). The van der Waals surface area contributed by atoms with Crippen molar-refractivity contribution in [3.8, 4) is 0 Å². The third kappa shape index (κ3) is 1.94. The third-order valence-corrected chi connectivity index (χ3v) is 2.95. The Kier molecular flexibility index (Phi) is 2.93. The van der Waals surface area contributed by atoms with Crippen molar-refractivity contribution in [1.29, 1.82) is 0 Å². The van der Waals surface area contributed by atoms with Gasteiger partial charge in [0.15, 0.2) is 6.10 Å². The second kappa shape index (κ2) is 4.23. The van der Waals surface area contributed by atoms with Crippen molar-refractivity contribution >= 4 is 5.97 Å². The van der Waals surface area contributed by atoms with Crippen molar-refractivity contribution in [2.75, 3.05) is 7.05 Å². The van der Waals surface area contributed by atoms with Gasteiger partial charge in [0.2, 0.25) is 0 Å². The Morgan fingerprint density at radius 1 is 1.75 bits per heavy atom. The average molecular weight is 225 g/mol. The summed E-state index contributed by atoms with van der Waals surface area (Å²) < 4.78 is 1.91. The van der Waals surface area contributed by atoms with E-state index in [1.807, 2.05) is 11.6 Å². The van der Waals surface area contributed by atoms with E-state index in [1.54, 1.807) is 6.20 Å². The first kappa shape index (κ1) is 11.1. The lowest BCUT2D eigenvalue weighted by Gasteiger charge is -2.22. The Bertz CT molecular complexity index is 402. The maximum atomic E-state index is 10.6. The second-order valence-electron chi connectivity index (χ2n) is 3.99. The number of aryl methyl sites for hydroxylation is 1. The standard InChI is InChI=1S/C10H15N3O3/c1-11-6-2-3-13-5-7(9(14)10(15)16)12-8(13)4-6/h5-6,9,11,14H,2-4H2,1H3,(H,15,16). The number of carboxylic acids is 1. The highest BCUT2D eigenvalue weighted by Gasteiger charge is 2.24. The number of hydrogen-bond donors (Lipinski definition) is 3. The number of aliphatic hydroxyl groups is 1. The first-order valence-corrected chi connectivity index (χ1v) is 5.26. The molecular weight excluding hydrogens is 210 g/mol. The molecule has 0 aromatic carbocycles. The van der Waals surface area contributed by atoms with Crippen LogP contribution in [0.4, 0.5) is 0 Å². The number of carbonyl (C=O) groups is 1. The summed E-state index contributed by atoms with van der Waals surface area (Å²) in [7, 11) is 1.90. The molecule has 16 heavy (non-hydrogen) atoms. The van der Waals surface area contributed by atoms with Crippen LogP contribution in [0.5, 0.6) is 0 Å². The van der Waals surface area contributed by atoms with Crippen LogP contribution < -0.4 is 5.32 Å². The predicted octanol–water partition coefficient (Wildman–Crippen LogP) is -0.465. The van der Waals surface area contributed by atoms with Crippen LogP contribution in [-0.4, -0.2) is 38.8 Å². The average Bonchev–Trinajstić information content (AvgIpc) is 2.69. The number of likely N-dealkylation sites (N-methyl/N-ethyl adjacent to an activating group) is 1. The van der Waals surface area contributed by atoms with Crippen LogP contribution in [0.1, 0.15) is 24.0 Å². The van der Waals surface area contributed by atoms with Crippen LogP contribution in [0.25, 0.3) is 0 Å². The quantitative estimate of drug-likeness (QED) is 0.647. The topological polar surface area (TPSA) is 87.4 Å². The highest BCUT2D eigenvalue weighted by molar-refractivity contribution is 5.73. The Balaban J connectivity index is 2.21. The molecule has 0 aliphatic carbocycles. The van der Waals surface area contributed by atoms with Gasteiger partial charge in [0.25, 0.3) is 0 Å². The van der Waals surface area contributed by atoms with E-state index in [2.05, 4.69) is 10.3 Å². The lowest BCUT2D eigenvalue weighted by Crippen LogP contribution is -2.33. The fourth-order valence-electron chi connectivity index (χ4n) is 1.95. The number of imidazole rings is 1. The predicted molar refractivity (Wildman–Crippen MR) is 56.0 cm³/mol. The van der Waals surface area contributed by atoms with Gasteiger partial charge < -0.3 is 20.1 Å². The highest BCUT2D eigenvalue weighted by Crippen LogP contribution is 2.19. The van der Waals surface area contributed by atoms with Gasteiger partial charge in [-0.3, -0.25) is 0 Å². The summed E-state index contributed by atoms with van der Waals surface area (Å²) in [5.74, 6) is -0.429. The molecule has 0 spiro atoms. The number of aliphatic carboxylic acids is 1. The van der Waals surface area contributed by atoms with Gasteiger partial charge in [0.05, 0.1) is 5.69 Å². The second-order valence-corrected chi connectivity index (χ2v) is 3.99. The molecule has 6 heteroatoms. The minimum absolute atomic E-state index is 0.222. The van der Waals surface area contributed by atoms with Crippen molar-refractivity contribution in [2.45, 2.75) is 31.5 Å². The molecule has 0 amide bonds. The maximum absolute atomic E-state index is 10.6. The lowest BCUT2D eigenvalue weighted by atomic mass is 10.1. The van der Waals surface area contributed by atoms with Gasteiger partial charge in [-0.25, -0.2) is 9.78 Å². The number of hydrogen-bond acceptors (Lipinski definition) is 4. The molecule has 1 aliphatic heterocycles. The van der Waals surface area contributed by atoms with Gasteiger partial charge in [0, 0.05) is 25.2 Å². The molecule has 1 aliphatic rings. The fraction of sp³-hybridized carbons (Fsp3) is 0.600. The van der Waals surface area contributed by atoms with E-state index in [9.17, 15) is 9.90 Å². The van der Waals surface area contributed by atoms with Gasteiger partial charge in [-0.2, -0.15) is 0 Å². The van der Waals surface area contributed by atoms with E-state index in [1.165, 1.54) is 0 Å². The largest absolute Gasteiger partial charge is 0.479 e. The Morgan fingerprint density at radius 3 is 3.12 bits per heavy atom. The molecule has 3 N–H and O–H groups in total. The molecule has 0 bridgehead atoms. The van der Waals surface area contributed by atoms with Gasteiger partial charge >= 0.3 is 5.97 Å². The molecule has 0 saturated heterocycles. The molecule has 88 valence electrons. The van der Waals surface area contributed by atoms with Crippen LogP contribution in [-0.2, 0) is 17.8 Å². The molecule has 0 radical (unpaired) electrons. The normalized spacial score (nSPS) is 21.5.